The third-order valence-corrected chi connectivity index (χ3v) is 14.9. The van der Waals surface area contributed by atoms with Gasteiger partial charge in [-0.05, 0) is 125 Å². The van der Waals surface area contributed by atoms with Crippen LogP contribution in [0.3, 0.4) is 0 Å². The minimum absolute atomic E-state index is 0.226. The summed E-state index contributed by atoms with van der Waals surface area (Å²) in [5, 5.41) is 2.14. The van der Waals surface area contributed by atoms with E-state index >= 15 is 0 Å². The molecule has 0 aliphatic carbocycles. The van der Waals surface area contributed by atoms with Gasteiger partial charge in [-0.3, -0.25) is 0 Å². The van der Waals surface area contributed by atoms with Gasteiger partial charge in [0.15, 0.2) is 0 Å². The summed E-state index contributed by atoms with van der Waals surface area (Å²) < 4.78 is 27.6. The molecule has 0 atom stereocenters. The molecule has 0 N–H and O–H groups in total. The van der Waals surface area contributed by atoms with Crippen molar-refractivity contribution in [2.45, 2.75) is 116 Å². The fraction of sp³-hybridized carbons (Fsp3) is 0.346. The smallest absolute Gasteiger partial charge is 0.399 e. The summed E-state index contributed by atoms with van der Waals surface area (Å²) in [6, 6.07) is 44.6. The zero-order valence-electron chi connectivity index (χ0n) is 37.2. The van der Waals surface area contributed by atoms with E-state index in [0.717, 1.165) is 55.8 Å². The highest BCUT2D eigenvalue weighted by atomic mass is 16.7. The minimum atomic E-state index is -0.597. The molecular weight excluding hydrogens is 738 g/mol. The minimum Gasteiger partial charge on any atom is -0.399 e. The van der Waals surface area contributed by atoms with E-state index in [0.29, 0.717) is 0 Å². The SMILES string of the molecule is CC1(C)c2ccccc2N(c2cc(B3OC(C)(C)C(C)(C)O3)cc3c(N4c5ccccc5C(C)(C)c5ccccc54)cc(B4OC(C)(C)C(C)(C)O4)cc23)c2ccccc21. The molecule has 6 aromatic carbocycles. The highest BCUT2D eigenvalue weighted by molar-refractivity contribution is 6.64. The fourth-order valence-electron chi connectivity index (χ4n) is 9.93. The standard InChI is InChI=1S/C52H56B2N2O4/c1-47(2)37-21-13-17-25-41(37)55(42-26-18-14-22-38(42)47)45-31-33(53-57-49(5,6)50(7,8)58-53)30-36-35(45)29-34(54-59-51(9,10)52(11,12)60-54)32-46(36)56-43-27-19-15-23-39(43)48(3,4)40-24-16-20-28-44(40)56/h13-32H,1-12H3. The maximum absolute atomic E-state index is 6.90. The molecule has 60 heavy (non-hydrogen) atoms. The Hall–Kier alpha value is -4.85. The summed E-state index contributed by atoms with van der Waals surface area (Å²) in [4.78, 5) is 4.93. The molecule has 0 saturated carbocycles. The van der Waals surface area contributed by atoms with Crippen LogP contribution in [0.5, 0.6) is 0 Å². The second-order valence-electron chi connectivity index (χ2n) is 20.3. The quantitative estimate of drug-likeness (QED) is 0.166. The highest BCUT2D eigenvalue weighted by Gasteiger charge is 2.54. The Bertz CT molecular complexity index is 2420. The predicted molar refractivity (Wildman–Crippen MR) is 249 cm³/mol. The molecule has 0 bridgehead atoms. The number of nitrogens with zero attached hydrogens (tertiary/aromatic N) is 2. The van der Waals surface area contributed by atoms with Crippen LogP contribution in [0, 0.1) is 0 Å². The van der Waals surface area contributed by atoms with Gasteiger partial charge in [-0.1, -0.05) is 113 Å². The highest BCUT2D eigenvalue weighted by Crippen LogP contribution is 2.56. The van der Waals surface area contributed by atoms with Crippen molar-refractivity contribution in [3.63, 3.8) is 0 Å². The number of fused-ring (bicyclic) bond motifs is 5. The Morgan fingerprint density at radius 1 is 0.333 bits per heavy atom. The third kappa shape index (κ3) is 5.57. The molecule has 6 nitrogen and oxygen atoms in total. The fourth-order valence-corrected chi connectivity index (χ4v) is 9.93. The average Bonchev–Trinajstić information content (AvgIpc) is 3.57. The van der Waals surface area contributed by atoms with Gasteiger partial charge in [0.2, 0.25) is 0 Å². The lowest BCUT2D eigenvalue weighted by molar-refractivity contribution is 0.00578. The van der Waals surface area contributed by atoms with Crippen molar-refractivity contribution in [1.29, 1.82) is 0 Å². The second-order valence-corrected chi connectivity index (χ2v) is 20.3. The lowest BCUT2D eigenvalue weighted by atomic mass is 9.72. The van der Waals surface area contributed by atoms with Gasteiger partial charge in [0.05, 0.1) is 56.5 Å². The summed E-state index contributed by atoms with van der Waals surface area (Å²) >= 11 is 0. The van der Waals surface area contributed by atoms with Crippen molar-refractivity contribution in [2.24, 2.45) is 0 Å². The number of rotatable bonds is 4. The van der Waals surface area contributed by atoms with Gasteiger partial charge in [0.25, 0.3) is 0 Å². The van der Waals surface area contributed by atoms with E-state index in [4.69, 9.17) is 18.6 Å². The van der Waals surface area contributed by atoms with Crippen LogP contribution in [0.15, 0.2) is 121 Å². The molecule has 2 saturated heterocycles. The van der Waals surface area contributed by atoms with Crippen LogP contribution >= 0.6 is 0 Å². The topological polar surface area (TPSA) is 43.4 Å². The van der Waals surface area contributed by atoms with E-state index in [2.05, 4.69) is 214 Å². The van der Waals surface area contributed by atoms with Crippen molar-refractivity contribution in [3.05, 3.63) is 144 Å². The van der Waals surface area contributed by atoms with Gasteiger partial charge < -0.3 is 28.4 Å². The Labute approximate surface area is 357 Å². The van der Waals surface area contributed by atoms with Crippen molar-refractivity contribution in [2.75, 3.05) is 9.80 Å². The first-order valence-corrected chi connectivity index (χ1v) is 21.5. The Morgan fingerprint density at radius 2 is 0.583 bits per heavy atom. The molecule has 0 radical (unpaired) electrons. The second kappa shape index (κ2) is 12.8. The van der Waals surface area contributed by atoms with Crippen LogP contribution in [0.25, 0.3) is 10.8 Å². The van der Waals surface area contributed by atoms with E-state index in [-0.39, 0.29) is 10.8 Å². The first-order chi connectivity index (χ1) is 28.2. The molecule has 8 heteroatoms. The summed E-state index contributed by atoms with van der Waals surface area (Å²) in [7, 11) is -1.19. The van der Waals surface area contributed by atoms with Crippen molar-refractivity contribution in [3.8, 4) is 0 Å². The van der Waals surface area contributed by atoms with Crippen LogP contribution in [-0.2, 0) is 29.4 Å². The number of benzene rings is 6. The van der Waals surface area contributed by atoms with E-state index in [1.54, 1.807) is 0 Å². The monoisotopic (exact) mass is 794 g/mol. The molecule has 6 aromatic rings. The summed E-state index contributed by atoms with van der Waals surface area (Å²) in [6.07, 6.45) is 0. The third-order valence-electron chi connectivity index (χ3n) is 14.9. The zero-order valence-corrected chi connectivity index (χ0v) is 37.2. The Balaban J connectivity index is 1.34. The van der Waals surface area contributed by atoms with Crippen molar-refractivity contribution >= 4 is 70.1 Å². The Morgan fingerprint density at radius 3 is 0.850 bits per heavy atom. The first-order valence-electron chi connectivity index (χ1n) is 21.5. The molecule has 0 unspecified atom stereocenters. The number of hydrogen-bond donors (Lipinski definition) is 0. The van der Waals surface area contributed by atoms with E-state index in [1.807, 2.05) is 0 Å². The molecule has 0 amide bonds. The van der Waals surface area contributed by atoms with Gasteiger partial charge >= 0.3 is 14.2 Å². The molecular formula is C52H56B2N2O4. The lowest BCUT2D eigenvalue weighted by Gasteiger charge is -2.43. The molecule has 4 aliphatic rings. The van der Waals surface area contributed by atoms with Gasteiger partial charge in [-0.25, -0.2) is 0 Å². The first kappa shape index (κ1) is 39.3. The maximum atomic E-state index is 6.90. The van der Waals surface area contributed by atoms with Gasteiger partial charge in [0.1, 0.15) is 0 Å². The normalized spacial score (nSPS) is 21.1. The van der Waals surface area contributed by atoms with Gasteiger partial charge in [0, 0.05) is 21.6 Å². The van der Waals surface area contributed by atoms with Crippen molar-refractivity contribution < 1.29 is 18.6 Å². The molecule has 4 heterocycles. The predicted octanol–water partition coefficient (Wildman–Crippen LogP) is 11.7. The van der Waals surface area contributed by atoms with Gasteiger partial charge in [-0.15, -0.1) is 0 Å². The van der Waals surface area contributed by atoms with Crippen LogP contribution in [0.2, 0.25) is 0 Å². The lowest BCUT2D eigenvalue weighted by Crippen LogP contribution is -2.41. The summed E-state index contributed by atoms with van der Waals surface area (Å²) in [5.41, 5.74) is 11.1. The summed E-state index contributed by atoms with van der Waals surface area (Å²) in [5.74, 6) is 0. The molecule has 0 aromatic heterocycles. The largest absolute Gasteiger partial charge is 0.494 e. The van der Waals surface area contributed by atoms with Crippen LogP contribution in [0.1, 0.15) is 105 Å². The van der Waals surface area contributed by atoms with E-state index in [9.17, 15) is 0 Å². The van der Waals surface area contributed by atoms with E-state index < -0.39 is 36.6 Å². The van der Waals surface area contributed by atoms with Gasteiger partial charge in [-0.2, -0.15) is 0 Å². The Kier molecular flexibility index (Phi) is 8.41. The van der Waals surface area contributed by atoms with Crippen LogP contribution in [-0.4, -0.2) is 36.6 Å². The van der Waals surface area contributed by atoms with E-state index in [1.165, 1.54) is 22.3 Å². The molecule has 2 fully saturated rings. The molecule has 4 aliphatic heterocycles. The van der Waals surface area contributed by atoms with Crippen molar-refractivity contribution in [1.82, 2.24) is 0 Å². The summed E-state index contributed by atoms with van der Waals surface area (Å²) in [6.45, 7) is 26.3. The van der Waals surface area contributed by atoms with Crippen LogP contribution in [0.4, 0.5) is 34.1 Å². The molecule has 10 rings (SSSR count). The zero-order chi connectivity index (χ0) is 42.4. The maximum Gasteiger partial charge on any atom is 0.494 e. The number of hydrogen-bond acceptors (Lipinski definition) is 6. The van der Waals surface area contributed by atoms with Crippen LogP contribution < -0.4 is 20.7 Å². The number of para-hydroxylation sites is 4. The number of anilines is 6. The molecule has 304 valence electrons. The molecule has 0 spiro atoms. The average molecular weight is 795 g/mol.